The molecular weight excluding hydrogens is 705 g/mol. The first-order valence-electron chi connectivity index (χ1n) is 14.5. The third-order valence-electron chi connectivity index (χ3n) is 6.44. The van der Waals surface area contributed by atoms with Gasteiger partial charge in [0.2, 0.25) is 0 Å². The Labute approximate surface area is 295 Å². The molecule has 2 atom stereocenters. The molecule has 2 unspecified atom stereocenters. The maximum absolute atomic E-state index is 12.8. The number of carbonyl (C=O) groups is 4. The second-order valence-electron chi connectivity index (χ2n) is 10.1. The monoisotopic (exact) mass is 742 g/mol. The molecule has 0 spiro atoms. The summed E-state index contributed by atoms with van der Waals surface area (Å²) in [5.41, 5.74) is 3.98. The highest BCUT2D eigenvalue weighted by molar-refractivity contribution is 8.16. The summed E-state index contributed by atoms with van der Waals surface area (Å²) in [7, 11) is 0. The molecule has 4 amide bonds. The Hall–Kier alpha value is -1.23. The van der Waals surface area contributed by atoms with Crippen molar-refractivity contribution >= 4 is 103 Å². The molecule has 0 saturated carbocycles. The summed E-state index contributed by atoms with van der Waals surface area (Å²) >= 11 is 10.6. The molecule has 8 nitrogen and oxygen atoms in total. The summed E-state index contributed by atoms with van der Waals surface area (Å²) in [6, 6.07) is 15.8. The van der Waals surface area contributed by atoms with Gasteiger partial charge in [0, 0.05) is 82.7 Å². The van der Waals surface area contributed by atoms with E-state index < -0.39 is 0 Å². The molecule has 2 aliphatic heterocycles. The van der Waals surface area contributed by atoms with Crippen LogP contribution < -0.4 is 21.3 Å². The summed E-state index contributed by atoms with van der Waals surface area (Å²) in [5, 5.41) is 12.2. The van der Waals surface area contributed by atoms with Crippen molar-refractivity contribution in [2.24, 2.45) is 0 Å². The summed E-state index contributed by atoms with van der Waals surface area (Å²) in [6.07, 6.45) is 0. The van der Waals surface area contributed by atoms with Gasteiger partial charge in [0.15, 0.2) is 0 Å². The van der Waals surface area contributed by atoms with Gasteiger partial charge in [-0.2, -0.15) is 35.3 Å². The third kappa shape index (κ3) is 15.0. The molecule has 0 fully saturated rings. The number of benzene rings is 2. The van der Waals surface area contributed by atoms with Crippen molar-refractivity contribution < 1.29 is 19.2 Å². The topological polar surface area (TPSA) is 116 Å². The quantitative estimate of drug-likeness (QED) is 0.221. The third-order valence-corrected chi connectivity index (χ3v) is 15.1. The molecule has 244 valence electrons. The van der Waals surface area contributed by atoms with Gasteiger partial charge in [0.25, 0.3) is 21.0 Å². The first kappa shape index (κ1) is 36.6. The maximum atomic E-state index is 12.8. The average molecular weight is 743 g/mol. The molecule has 15 heteroatoms. The van der Waals surface area contributed by atoms with Crippen LogP contribution in [-0.2, 0) is 26.2 Å². The second-order valence-corrected chi connectivity index (χ2v) is 18.1. The fraction of sp³-hybridized carbons (Fsp3) is 0.467. The molecule has 2 heterocycles. The van der Waals surface area contributed by atoms with E-state index >= 15 is 0 Å². The van der Waals surface area contributed by atoms with E-state index in [4.69, 9.17) is 0 Å². The number of fused-ring (bicyclic) bond motifs is 6. The Morgan fingerprint density at radius 1 is 0.467 bits per heavy atom. The Morgan fingerprint density at radius 2 is 0.822 bits per heavy atom. The minimum Gasteiger partial charge on any atom is -0.343 e. The van der Waals surface area contributed by atoms with Crippen LogP contribution in [0.1, 0.15) is 22.3 Å². The molecule has 0 aromatic heterocycles. The van der Waals surface area contributed by atoms with Crippen molar-refractivity contribution in [2.75, 3.05) is 46.0 Å². The van der Waals surface area contributed by atoms with Crippen LogP contribution >= 0.6 is 82.3 Å². The fourth-order valence-corrected chi connectivity index (χ4v) is 12.0. The van der Waals surface area contributed by atoms with Crippen LogP contribution in [0.3, 0.4) is 0 Å². The second kappa shape index (κ2) is 20.9. The molecule has 6 bridgehead atoms. The molecule has 45 heavy (non-hydrogen) atoms. The van der Waals surface area contributed by atoms with E-state index in [0.29, 0.717) is 49.2 Å². The SMILES string of the molecule is O=C1NCc2cccc(c2)CNC(=O)SCCSCC2CSC(=O)NCc3cccc(c3)CNC(=O)SCC(CSCCS1)S2. The van der Waals surface area contributed by atoms with Crippen molar-refractivity contribution in [1.82, 2.24) is 21.3 Å². The van der Waals surface area contributed by atoms with E-state index in [1.165, 1.54) is 47.0 Å². The lowest BCUT2D eigenvalue weighted by Crippen LogP contribution is -2.26. The maximum Gasteiger partial charge on any atom is 0.279 e. The van der Waals surface area contributed by atoms with Gasteiger partial charge in [0.1, 0.15) is 0 Å². The standard InChI is InChI=1S/C30H38N4O4S7/c35-27-31-13-21-3-1-4-22(11-21)14-32-28(36)42-10-8-40-18-26-20-44-30(38)34-16-24-6-2-5-23(12-24)15-33-29(37)43-19-25(45-26)17-39-7-9-41-27/h1-6,11-12,25-26H,7-10,13-20H2,(H,31,35)(H,32,36)(H,33,37)(H,34,38). The number of thioether (sulfide) groups is 7. The number of hydrogen-bond donors (Lipinski definition) is 4. The average Bonchev–Trinajstić information content (AvgIpc) is 3.04. The van der Waals surface area contributed by atoms with Gasteiger partial charge in [-0.15, -0.1) is 0 Å². The van der Waals surface area contributed by atoms with E-state index in [9.17, 15) is 19.2 Å². The Morgan fingerprint density at radius 3 is 1.20 bits per heavy atom. The molecule has 2 aromatic rings. The zero-order chi connectivity index (χ0) is 31.7. The van der Waals surface area contributed by atoms with Crippen LogP contribution in [-0.4, -0.2) is 77.5 Å². The van der Waals surface area contributed by atoms with E-state index in [1.54, 1.807) is 23.5 Å². The lowest BCUT2D eigenvalue weighted by atomic mass is 10.1. The molecular formula is C30H38N4O4S7. The van der Waals surface area contributed by atoms with Crippen molar-refractivity contribution in [3.8, 4) is 0 Å². The Kier molecular flexibility index (Phi) is 17.0. The van der Waals surface area contributed by atoms with Gasteiger partial charge in [-0.25, -0.2) is 0 Å². The van der Waals surface area contributed by atoms with Crippen LogP contribution in [0.2, 0.25) is 0 Å². The van der Waals surface area contributed by atoms with Gasteiger partial charge in [-0.1, -0.05) is 95.6 Å². The Balaban J connectivity index is 1.40. The van der Waals surface area contributed by atoms with Crippen molar-refractivity contribution in [3.63, 3.8) is 0 Å². The molecule has 0 radical (unpaired) electrons. The molecule has 0 saturated heterocycles. The van der Waals surface area contributed by atoms with Crippen LogP contribution in [0.4, 0.5) is 19.2 Å². The van der Waals surface area contributed by atoms with E-state index in [0.717, 1.165) is 45.3 Å². The summed E-state index contributed by atoms with van der Waals surface area (Å²) in [4.78, 5) is 50.5. The smallest absolute Gasteiger partial charge is 0.279 e. The predicted octanol–water partition coefficient (Wildman–Crippen LogP) is 7.12. The van der Waals surface area contributed by atoms with E-state index in [-0.39, 0.29) is 31.5 Å². The van der Waals surface area contributed by atoms with Crippen molar-refractivity contribution in [2.45, 2.75) is 36.7 Å². The van der Waals surface area contributed by atoms with Gasteiger partial charge < -0.3 is 21.3 Å². The van der Waals surface area contributed by atoms with Crippen LogP contribution in [0.5, 0.6) is 0 Å². The molecule has 2 aliphatic rings. The lowest BCUT2D eigenvalue weighted by Gasteiger charge is -2.23. The van der Waals surface area contributed by atoms with Gasteiger partial charge >= 0.3 is 0 Å². The zero-order valence-electron chi connectivity index (χ0n) is 24.7. The summed E-state index contributed by atoms with van der Waals surface area (Å²) in [5.74, 6) is 6.04. The lowest BCUT2D eigenvalue weighted by molar-refractivity contribution is 0.259. The Bertz CT molecular complexity index is 1200. The van der Waals surface area contributed by atoms with E-state index in [2.05, 4.69) is 21.3 Å². The summed E-state index contributed by atoms with van der Waals surface area (Å²) < 4.78 is 0. The zero-order valence-corrected chi connectivity index (χ0v) is 30.5. The van der Waals surface area contributed by atoms with Crippen LogP contribution in [0.15, 0.2) is 48.5 Å². The molecule has 4 N–H and O–H groups in total. The minimum absolute atomic E-state index is 0.0436. The molecule has 0 aliphatic carbocycles. The van der Waals surface area contributed by atoms with Crippen molar-refractivity contribution in [3.05, 3.63) is 70.8 Å². The number of nitrogens with one attached hydrogen (secondary N) is 4. The first-order chi connectivity index (χ1) is 21.9. The highest BCUT2D eigenvalue weighted by Crippen LogP contribution is 2.30. The van der Waals surface area contributed by atoms with Crippen LogP contribution in [0, 0.1) is 0 Å². The van der Waals surface area contributed by atoms with Gasteiger partial charge in [-0.05, 0) is 22.3 Å². The first-order valence-corrected chi connectivity index (χ1v) is 21.7. The normalized spacial score (nSPS) is 22.8. The van der Waals surface area contributed by atoms with E-state index in [1.807, 2.05) is 60.3 Å². The fourth-order valence-electron chi connectivity index (χ4n) is 4.28. The molecule has 4 rings (SSSR count). The van der Waals surface area contributed by atoms with Crippen LogP contribution in [0.25, 0.3) is 0 Å². The largest absolute Gasteiger partial charge is 0.343 e. The highest BCUT2D eigenvalue weighted by atomic mass is 32.2. The number of rotatable bonds is 0. The van der Waals surface area contributed by atoms with Crippen molar-refractivity contribution in [1.29, 1.82) is 0 Å². The number of carbonyl (C=O) groups excluding carboxylic acids is 4. The molecule has 2 aromatic carbocycles. The highest BCUT2D eigenvalue weighted by Gasteiger charge is 2.21. The minimum atomic E-state index is -0.0583. The van der Waals surface area contributed by atoms with Gasteiger partial charge in [-0.3, -0.25) is 19.2 Å². The van der Waals surface area contributed by atoms with Gasteiger partial charge in [0.05, 0.1) is 0 Å². The summed E-state index contributed by atoms with van der Waals surface area (Å²) in [6.45, 7) is 1.76. The predicted molar refractivity (Wildman–Crippen MR) is 201 cm³/mol. The number of amides is 4. The number of hydrogen-bond acceptors (Lipinski definition) is 11.